The van der Waals surface area contributed by atoms with Crippen molar-refractivity contribution in [2.75, 3.05) is 45.2 Å². The number of benzene rings is 3. The number of fused-ring (bicyclic) bond motifs is 1. The number of likely N-dealkylation sites (N-methyl/N-ethyl adjacent to an activating group) is 1. The Labute approximate surface area is 283 Å². The number of amides is 2. The summed E-state index contributed by atoms with van der Waals surface area (Å²) in [5.74, 6) is 0.0387. The van der Waals surface area contributed by atoms with Gasteiger partial charge in [-0.05, 0) is 87.7 Å². The molecule has 11 nitrogen and oxygen atoms in total. The van der Waals surface area contributed by atoms with Crippen LogP contribution in [0.25, 0.3) is 0 Å². The maximum Gasteiger partial charge on any atom is 0.261 e. The Balaban J connectivity index is 1.65. The summed E-state index contributed by atoms with van der Waals surface area (Å²) in [6.45, 7) is 6.31. The number of sulfonamides is 1. The number of ether oxygens (including phenoxy) is 3. The fourth-order valence-corrected chi connectivity index (χ4v) is 6.62. The molecule has 3 aromatic carbocycles. The average Bonchev–Trinajstić information content (AvgIpc) is 3.09. The van der Waals surface area contributed by atoms with Crippen molar-refractivity contribution in [3.8, 4) is 11.5 Å². The molecule has 4 atom stereocenters. The fraction of sp³-hybridized carbons (Fsp3) is 0.444. The molecule has 0 saturated carbocycles. The molecule has 2 amide bonds. The molecule has 0 aromatic heterocycles. The van der Waals surface area contributed by atoms with Crippen LogP contribution in [0.15, 0.2) is 77.7 Å². The number of aliphatic hydroxyl groups is 1. The highest BCUT2D eigenvalue weighted by molar-refractivity contribution is 7.92. The summed E-state index contributed by atoms with van der Waals surface area (Å²) in [6, 6.07) is 19.1. The van der Waals surface area contributed by atoms with Crippen molar-refractivity contribution in [2.45, 2.75) is 63.2 Å². The molecule has 0 radical (unpaired) electrons. The quantitative estimate of drug-likeness (QED) is 0.320. The number of aliphatic hydroxyl groups excluding tert-OH is 1. The summed E-state index contributed by atoms with van der Waals surface area (Å²) in [5.41, 5.74) is 0.917. The highest BCUT2D eigenvalue weighted by Gasteiger charge is 2.31. The van der Waals surface area contributed by atoms with Crippen LogP contribution in [0.3, 0.4) is 0 Å². The number of hydrogen-bond acceptors (Lipinski definition) is 8. The van der Waals surface area contributed by atoms with Gasteiger partial charge in [0.15, 0.2) is 0 Å². The van der Waals surface area contributed by atoms with Gasteiger partial charge in [-0.3, -0.25) is 14.3 Å². The van der Waals surface area contributed by atoms with Crippen LogP contribution in [-0.4, -0.2) is 93.8 Å². The van der Waals surface area contributed by atoms with Gasteiger partial charge in [-0.15, -0.1) is 0 Å². The van der Waals surface area contributed by atoms with E-state index in [1.807, 2.05) is 32.0 Å². The van der Waals surface area contributed by atoms with Gasteiger partial charge in [0, 0.05) is 43.9 Å². The molecular formula is C36H47N3O8S. The first-order chi connectivity index (χ1) is 22.9. The Morgan fingerprint density at radius 2 is 1.79 bits per heavy atom. The molecule has 260 valence electrons. The van der Waals surface area contributed by atoms with Crippen molar-refractivity contribution in [3.05, 3.63) is 83.9 Å². The minimum atomic E-state index is -3.99. The zero-order valence-corrected chi connectivity index (χ0v) is 29.1. The van der Waals surface area contributed by atoms with Gasteiger partial charge in [0.1, 0.15) is 11.5 Å². The third-order valence-electron chi connectivity index (χ3n) is 8.49. The van der Waals surface area contributed by atoms with Crippen LogP contribution in [0.5, 0.6) is 11.5 Å². The molecule has 0 spiro atoms. The van der Waals surface area contributed by atoms with Crippen molar-refractivity contribution in [1.29, 1.82) is 0 Å². The van der Waals surface area contributed by atoms with E-state index in [0.29, 0.717) is 36.6 Å². The van der Waals surface area contributed by atoms with Gasteiger partial charge in [0.25, 0.3) is 21.8 Å². The number of methoxy groups -OCH3 is 1. The van der Waals surface area contributed by atoms with Crippen LogP contribution in [0.2, 0.25) is 0 Å². The number of carbonyl (C=O) groups excluding carboxylic acids is 2. The zero-order chi connectivity index (χ0) is 34.8. The second-order valence-electron chi connectivity index (χ2n) is 12.3. The predicted molar refractivity (Wildman–Crippen MR) is 184 cm³/mol. The molecule has 0 unspecified atom stereocenters. The van der Waals surface area contributed by atoms with E-state index in [4.69, 9.17) is 14.2 Å². The molecule has 0 aliphatic carbocycles. The van der Waals surface area contributed by atoms with Crippen LogP contribution in [0.1, 0.15) is 60.7 Å². The van der Waals surface area contributed by atoms with Gasteiger partial charge in [0.05, 0.1) is 42.4 Å². The van der Waals surface area contributed by atoms with Gasteiger partial charge >= 0.3 is 0 Å². The number of carbonyl (C=O) groups is 2. The Morgan fingerprint density at radius 1 is 1.08 bits per heavy atom. The van der Waals surface area contributed by atoms with Gasteiger partial charge in [-0.25, -0.2) is 8.42 Å². The summed E-state index contributed by atoms with van der Waals surface area (Å²) < 4.78 is 46.8. The Hall–Kier alpha value is -4.13. The lowest BCUT2D eigenvalue weighted by Gasteiger charge is -2.36. The lowest BCUT2D eigenvalue weighted by atomic mass is 10.0. The van der Waals surface area contributed by atoms with E-state index in [1.54, 1.807) is 60.2 Å². The van der Waals surface area contributed by atoms with Gasteiger partial charge in [-0.1, -0.05) is 25.1 Å². The van der Waals surface area contributed by atoms with Crippen molar-refractivity contribution < 1.29 is 37.3 Å². The van der Waals surface area contributed by atoms with E-state index in [-0.39, 0.29) is 47.2 Å². The van der Waals surface area contributed by atoms with Crippen molar-refractivity contribution in [1.82, 2.24) is 9.80 Å². The normalized spacial score (nSPS) is 20.1. The van der Waals surface area contributed by atoms with Crippen molar-refractivity contribution >= 4 is 27.5 Å². The maximum absolute atomic E-state index is 14.4. The van der Waals surface area contributed by atoms with Gasteiger partial charge < -0.3 is 29.1 Å². The Bertz CT molecular complexity index is 1620. The SMILES string of the molecule is COc1ccc(S(=O)(=O)Nc2ccc3c(c2)C(=O)N([C@@H](C)CO)C[C@H](C)[C@H](CN(C)C(=O)c2ccccc2)OCCCC[C@@H](C)O3)cc1. The average molecular weight is 682 g/mol. The Morgan fingerprint density at radius 3 is 2.46 bits per heavy atom. The van der Waals surface area contributed by atoms with E-state index >= 15 is 0 Å². The minimum Gasteiger partial charge on any atom is -0.497 e. The monoisotopic (exact) mass is 681 g/mol. The lowest BCUT2D eigenvalue weighted by molar-refractivity contribution is -0.0149. The first-order valence-corrected chi connectivity index (χ1v) is 17.7. The standard InChI is InChI=1S/C36H47N3O8S/c1-25-22-39(26(2)24-40)36(42)32-21-29(37-48(43,44)31-17-15-30(45-5)16-18-31)14-19-33(32)47-27(3)11-9-10-20-46-34(25)23-38(4)35(41)28-12-7-6-8-13-28/h6-8,12-19,21,25-27,34,37,40H,9-11,20,22-24H2,1-5H3/t25-,26-,27+,34-/m0/s1. The smallest absolute Gasteiger partial charge is 0.261 e. The molecular weight excluding hydrogens is 634 g/mol. The molecule has 2 N–H and O–H groups in total. The second-order valence-corrected chi connectivity index (χ2v) is 14.0. The van der Waals surface area contributed by atoms with E-state index in [1.165, 1.54) is 25.3 Å². The van der Waals surface area contributed by atoms with Crippen molar-refractivity contribution in [3.63, 3.8) is 0 Å². The molecule has 0 fully saturated rings. The molecule has 0 saturated heterocycles. The first-order valence-electron chi connectivity index (χ1n) is 16.2. The summed E-state index contributed by atoms with van der Waals surface area (Å²) in [6.07, 6.45) is 1.66. The van der Waals surface area contributed by atoms with Crippen LogP contribution in [0, 0.1) is 5.92 Å². The van der Waals surface area contributed by atoms with Crippen LogP contribution >= 0.6 is 0 Å². The molecule has 4 rings (SSSR count). The van der Waals surface area contributed by atoms with E-state index in [0.717, 1.165) is 12.8 Å². The van der Waals surface area contributed by atoms with E-state index < -0.39 is 28.1 Å². The fourth-order valence-electron chi connectivity index (χ4n) is 5.57. The summed E-state index contributed by atoms with van der Waals surface area (Å²) in [7, 11) is -0.758. The lowest BCUT2D eigenvalue weighted by Crippen LogP contribution is -2.48. The zero-order valence-electron chi connectivity index (χ0n) is 28.3. The summed E-state index contributed by atoms with van der Waals surface area (Å²) >= 11 is 0. The molecule has 1 aliphatic rings. The topological polar surface area (TPSA) is 135 Å². The number of rotatable bonds is 9. The molecule has 3 aromatic rings. The number of nitrogens with zero attached hydrogens (tertiary/aromatic N) is 2. The second kappa shape index (κ2) is 16.8. The van der Waals surface area contributed by atoms with E-state index in [2.05, 4.69) is 4.72 Å². The molecule has 48 heavy (non-hydrogen) atoms. The highest BCUT2D eigenvalue weighted by Crippen LogP contribution is 2.30. The third kappa shape index (κ3) is 9.48. The van der Waals surface area contributed by atoms with Crippen LogP contribution in [-0.2, 0) is 14.8 Å². The molecule has 0 bridgehead atoms. The van der Waals surface area contributed by atoms with Gasteiger partial charge in [-0.2, -0.15) is 0 Å². The summed E-state index contributed by atoms with van der Waals surface area (Å²) in [5, 5.41) is 10.2. The van der Waals surface area contributed by atoms with Crippen molar-refractivity contribution in [2.24, 2.45) is 5.92 Å². The number of anilines is 1. The summed E-state index contributed by atoms with van der Waals surface area (Å²) in [4.78, 5) is 30.8. The largest absolute Gasteiger partial charge is 0.497 e. The molecule has 1 heterocycles. The minimum absolute atomic E-state index is 0.0330. The van der Waals surface area contributed by atoms with Crippen LogP contribution in [0.4, 0.5) is 5.69 Å². The van der Waals surface area contributed by atoms with Gasteiger partial charge in [0.2, 0.25) is 0 Å². The number of nitrogens with one attached hydrogen (secondary N) is 1. The Kier molecular flexibility index (Phi) is 12.9. The van der Waals surface area contributed by atoms with E-state index in [9.17, 15) is 23.1 Å². The highest BCUT2D eigenvalue weighted by atomic mass is 32.2. The molecule has 1 aliphatic heterocycles. The number of hydrogen-bond donors (Lipinski definition) is 2. The predicted octanol–water partition coefficient (Wildman–Crippen LogP) is 5.06. The molecule has 12 heteroatoms. The maximum atomic E-state index is 14.4. The first kappa shape index (κ1) is 36.7. The van der Waals surface area contributed by atoms with Crippen LogP contribution < -0.4 is 14.2 Å². The third-order valence-corrected chi connectivity index (χ3v) is 9.89.